The summed E-state index contributed by atoms with van der Waals surface area (Å²) in [7, 11) is 0. The van der Waals surface area contributed by atoms with E-state index in [1.807, 2.05) is 30.5 Å². The summed E-state index contributed by atoms with van der Waals surface area (Å²) in [6, 6.07) is 50.1. The van der Waals surface area contributed by atoms with Crippen molar-refractivity contribution in [3.05, 3.63) is 197 Å². The van der Waals surface area contributed by atoms with Crippen LogP contribution in [0, 0.1) is 30.4 Å². The molecule has 0 bridgehead atoms. The SMILES string of the molecule is CC(C)c1ccc2c(c1)N(c1c(C(C)C)cc(-c3ccc(F)cc3F)cc1C(C)C)[CH-]N2c1[c-]c(Oc2[c-]c3c(cc2)c2ccccc2n3-c2ccccn2)cc(-c2c(C(C)(C)C)cc(C(C)(C)C)cc2C(C)(C)C)c1.[Pt]. The maximum absolute atomic E-state index is 15.7. The molecule has 1 aliphatic rings. The van der Waals surface area contributed by atoms with Gasteiger partial charge in [-0.2, -0.15) is 6.07 Å². The van der Waals surface area contributed by atoms with Crippen LogP contribution in [0.2, 0.25) is 0 Å². The molecular formula is C69H71F2N4OPt-3. The van der Waals surface area contributed by atoms with Gasteiger partial charge >= 0.3 is 0 Å². The molecule has 9 aromatic rings. The molecule has 0 aliphatic carbocycles. The van der Waals surface area contributed by atoms with Gasteiger partial charge in [0.05, 0.1) is 0 Å². The summed E-state index contributed by atoms with van der Waals surface area (Å²) < 4.78 is 39.3. The molecule has 0 spiro atoms. The topological polar surface area (TPSA) is 33.5 Å². The van der Waals surface area contributed by atoms with Crippen LogP contribution in [0.3, 0.4) is 0 Å². The first-order valence-electron chi connectivity index (χ1n) is 26.9. The van der Waals surface area contributed by atoms with E-state index in [4.69, 9.17) is 9.72 Å². The molecule has 0 fully saturated rings. The fourth-order valence-corrected chi connectivity index (χ4v) is 10.8. The standard InChI is InChI=1S/C69H71F2N4O.Pt/c1-41(2)44-23-28-61-63(34-44)74(66-55(42(3)4)32-45(33-56(66)43(5)6)52-26-24-48(70)37-59(52)71)40-73(61)49-30-46(65-57(68(10,11)12)35-47(67(7,8)9)36-58(65)69(13,14)15)31-51(38-49)76-50-25-27-54-53-20-16-17-21-60(53)75(62(54)39-50)64-22-18-19-29-72-64;/h16-37,40-43H,1-15H3;/q-3;. The van der Waals surface area contributed by atoms with Gasteiger partial charge in [-0.1, -0.05) is 152 Å². The molecule has 0 unspecified atom stereocenters. The van der Waals surface area contributed by atoms with Gasteiger partial charge in [-0.3, -0.25) is 0 Å². The third-order valence-corrected chi connectivity index (χ3v) is 15.0. The van der Waals surface area contributed by atoms with Gasteiger partial charge in [0.25, 0.3) is 0 Å². The van der Waals surface area contributed by atoms with Crippen molar-refractivity contribution in [2.75, 3.05) is 9.80 Å². The second kappa shape index (κ2) is 20.7. The van der Waals surface area contributed by atoms with E-state index in [-0.39, 0.29) is 55.1 Å². The van der Waals surface area contributed by atoms with Crippen molar-refractivity contribution in [2.24, 2.45) is 0 Å². The monoisotopic (exact) mass is 1200 g/mol. The van der Waals surface area contributed by atoms with E-state index in [9.17, 15) is 4.39 Å². The van der Waals surface area contributed by atoms with E-state index in [0.717, 1.165) is 78.7 Å². The van der Waals surface area contributed by atoms with Gasteiger partial charge in [0.2, 0.25) is 0 Å². The Morgan fingerprint density at radius 1 is 0.571 bits per heavy atom. The summed E-state index contributed by atoms with van der Waals surface area (Å²) in [5, 5.41) is 2.16. The summed E-state index contributed by atoms with van der Waals surface area (Å²) in [6.45, 7) is 36.1. The maximum Gasteiger partial charge on any atom is 0.135 e. The quantitative estimate of drug-likeness (QED) is 0.128. The number of hydrogen-bond acceptors (Lipinski definition) is 4. The molecule has 8 heteroatoms. The molecule has 5 nitrogen and oxygen atoms in total. The number of para-hydroxylation sites is 1. The van der Waals surface area contributed by atoms with E-state index in [1.165, 1.54) is 33.9 Å². The first-order chi connectivity index (χ1) is 35.9. The van der Waals surface area contributed by atoms with Crippen LogP contribution in [0.5, 0.6) is 11.5 Å². The first-order valence-corrected chi connectivity index (χ1v) is 26.9. The van der Waals surface area contributed by atoms with Crippen molar-refractivity contribution in [1.29, 1.82) is 0 Å². The molecule has 7 aromatic carbocycles. The van der Waals surface area contributed by atoms with Crippen LogP contribution in [0.4, 0.5) is 31.5 Å². The smallest absolute Gasteiger partial charge is 0.135 e. The Hall–Kier alpha value is -6.56. The molecule has 0 amide bonds. The number of benzene rings is 7. The molecule has 1 aliphatic heterocycles. The maximum atomic E-state index is 15.7. The Morgan fingerprint density at radius 2 is 1.23 bits per heavy atom. The Kier molecular flexibility index (Phi) is 14.8. The van der Waals surface area contributed by atoms with Crippen LogP contribution >= 0.6 is 0 Å². The third kappa shape index (κ3) is 10.5. The fraction of sp³-hybridized carbons (Fsp3) is 0.304. The van der Waals surface area contributed by atoms with E-state index < -0.39 is 11.6 Å². The summed E-state index contributed by atoms with van der Waals surface area (Å²) >= 11 is 0. The Labute approximate surface area is 470 Å². The second-order valence-electron chi connectivity index (χ2n) is 24.7. The largest absolute Gasteiger partial charge is 0.509 e. The van der Waals surface area contributed by atoms with Gasteiger partial charge in [0.15, 0.2) is 0 Å². The summed E-state index contributed by atoms with van der Waals surface area (Å²) in [5.74, 6) is 1.09. The zero-order chi connectivity index (χ0) is 54.3. The van der Waals surface area contributed by atoms with Crippen LogP contribution in [0.25, 0.3) is 49.9 Å². The molecular weight excluding hydrogens is 1130 g/mol. The number of halogens is 2. The van der Waals surface area contributed by atoms with Crippen LogP contribution < -0.4 is 14.5 Å². The van der Waals surface area contributed by atoms with Gasteiger partial charge < -0.3 is 19.1 Å². The van der Waals surface area contributed by atoms with Crippen LogP contribution in [0.15, 0.2) is 134 Å². The predicted octanol–water partition coefficient (Wildman–Crippen LogP) is 19.9. The molecule has 0 saturated carbocycles. The molecule has 0 saturated heterocycles. The zero-order valence-electron chi connectivity index (χ0n) is 47.3. The summed E-state index contributed by atoms with van der Waals surface area (Å²) in [4.78, 5) is 9.36. The van der Waals surface area contributed by atoms with Crippen molar-refractivity contribution in [2.45, 2.75) is 138 Å². The molecule has 0 radical (unpaired) electrons. The third-order valence-electron chi connectivity index (χ3n) is 15.0. The summed E-state index contributed by atoms with van der Waals surface area (Å²) in [6.07, 6.45) is 1.82. The van der Waals surface area contributed by atoms with Crippen molar-refractivity contribution in [3.63, 3.8) is 0 Å². The summed E-state index contributed by atoms with van der Waals surface area (Å²) in [5.41, 5.74) is 15.7. The number of aromatic nitrogens is 2. The average Bonchev–Trinajstić information content (AvgIpc) is 3.96. The minimum atomic E-state index is -0.598. The number of fused-ring (bicyclic) bond motifs is 4. The van der Waals surface area contributed by atoms with E-state index in [0.29, 0.717) is 17.1 Å². The van der Waals surface area contributed by atoms with Gasteiger partial charge in [0, 0.05) is 73.0 Å². The van der Waals surface area contributed by atoms with E-state index in [2.05, 4.69) is 222 Å². The minimum absolute atomic E-state index is 0. The van der Waals surface area contributed by atoms with Crippen LogP contribution in [-0.4, -0.2) is 9.55 Å². The second-order valence-corrected chi connectivity index (χ2v) is 24.7. The number of hydrogen-bond donors (Lipinski definition) is 0. The van der Waals surface area contributed by atoms with Gasteiger partial charge in [-0.25, -0.2) is 13.8 Å². The predicted molar refractivity (Wildman–Crippen MR) is 313 cm³/mol. The van der Waals surface area contributed by atoms with Gasteiger partial charge in [-0.15, -0.1) is 53.6 Å². The number of anilines is 4. The van der Waals surface area contributed by atoms with Crippen molar-refractivity contribution in [3.8, 4) is 39.6 Å². The van der Waals surface area contributed by atoms with Crippen LogP contribution in [0.1, 0.15) is 155 Å². The zero-order valence-corrected chi connectivity index (χ0v) is 49.6. The Bertz CT molecular complexity index is 3620. The van der Waals surface area contributed by atoms with Gasteiger partial charge in [-0.05, 0) is 138 Å². The Morgan fingerprint density at radius 3 is 1.83 bits per heavy atom. The van der Waals surface area contributed by atoms with E-state index in [1.54, 1.807) is 6.07 Å². The fourth-order valence-electron chi connectivity index (χ4n) is 10.8. The molecule has 0 atom stereocenters. The number of ether oxygens (including phenoxy) is 1. The number of nitrogens with zero attached hydrogens (tertiary/aromatic N) is 4. The number of rotatable bonds is 10. The first kappa shape index (κ1) is 55.2. The molecule has 77 heavy (non-hydrogen) atoms. The minimum Gasteiger partial charge on any atom is -0.509 e. The van der Waals surface area contributed by atoms with Crippen LogP contribution in [-0.2, 0) is 37.3 Å². The van der Waals surface area contributed by atoms with Crippen molar-refractivity contribution >= 4 is 44.6 Å². The number of pyridine rings is 1. The average molecular weight is 1210 g/mol. The normalized spacial score (nSPS) is 13.1. The molecule has 3 heterocycles. The Balaban J connectivity index is 0.00000722. The molecule has 2 aromatic heterocycles. The van der Waals surface area contributed by atoms with Gasteiger partial charge in [0.1, 0.15) is 17.5 Å². The molecule has 0 N–H and O–H groups in total. The van der Waals surface area contributed by atoms with Crippen molar-refractivity contribution < 1.29 is 34.6 Å². The molecule has 10 rings (SSSR count). The molecule has 400 valence electrons. The van der Waals surface area contributed by atoms with E-state index >= 15 is 4.39 Å². The van der Waals surface area contributed by atoms with Crippen molar-refractivity contribution in [1.82, 2.24) is 9.55 Å².